The van der Waals surface area contributed by atoms with Gasteiger partial charge < -0.3 is 20.1 Å². The maximum atomic E-state index is 11.8. The minimum absolute atomic E-state index is 0.210. The molecule has 1 amide bonds. The molecule has 112 valence electrons. The lowest BCUT2D eigenvalue weighted by atomic mass is 10.0. The van der Waals surface area contributed by atoms with Crippen LogP contribution in [-0.4, -0.2) is 41.2 Å². The predicted molar refractivity (Wildman–Crippen MR) is 78.0 cm³/mol. The van der Waals surface area contributed by atoms with E-state index < -0.39 is 24.0 Å². The second-order valence-electron chi connectivity index (χ2n) is 4.84. The molecule has 0 aliphatic carbocycles. The van der Waals surface area contributed by atoms with Gasteiger partial charge >= 0.3 is 5.97 Å². The number of hydrogen-bond acceptors (Lipinski definition) is 3. The molecule has 0 bridgehead atoms. The summed E-state index contributed by atoms with van der Waals surface area (Å²) >= 11 is 0. The van der Waals surface area contributed by atoms with Crippen molar-refractivity contribution in [1.82, 2.24) is 10.3 Å². The van der Waals surface area contributed by atoms with Crippen LogP contribution in [0.15, 0.2) is 30.5 Å². The number of carbonyl (C=O) groups excluding carboxylic acids is 1. The molecule has 2 rings (SSSR count). The highest BCUT2D eigenvalue weighted by Crippen LogP contribution is 2.19. The largest absolute Gasteiger partial charge is 0.480 e. The van der Waals surface area contributed by atoms with Crippen LogP contribution in [0.3, 0.4) is 0 Å². The van der Waals surface area contributed by atoms with Crippen LogP contribution in [0, 0.1) is 0 Å². The molecule has 1 unspecified atom stereocenters. The molecule has 21 heavy (non-hydrogen) atoms. The van der Waals surface area contributed by atoms with E-state index in [0.717, 1.165) is 16.5 Å². The molecule has 3 N–H and O–H groups in total. The first kappa shape index (κ1) is 15.1. The number of ether oxygens (including phenoxy) is 1. The number of carboxylic acid groups (broad SMARTS) is 1. The number of amides is 1. The van der Waals surface area contributed by atoms with Crippen molar-refractivity contribution in [3.63, 3.8) is 0 Å². The van der Waals surface area contributed by atoms with Crippen molar-refractivity contribution >= 4 is 22.8 Å². The maximum Gasteiger partial charge on any atom is 0.326 e. The van der Waals surface area contributed by atoms with Gasteiger partial charge in [-0.05, 0) is 18.6 Å². The summed E-state index contributed by atoms with van der Waals surface area (Å²) in [5, 5.41) is 12.7. The van der Waals surface area contributed by atoms with Crippen molar-refractivity contribution in [1.29, 1.82) is 0 Å². The first-order valence-electron chi connectivity index (χ1n) is 6.64. The van der Waals surface area contributed by atoms with Gasteiger partial charge in [-0.3, -0.25) is 4.79 Å². The fraction of sp³-hybridized carbons (Fsp3) is 0.333. The zero-order chi connectivity index (χ0) is 15.4. The summed E-state index contributed by atoms with van der Waals surface area (Å²) in [5.41, 5.74) is 1.79. The number of carbonyl (C=O) groups is 2. The number of fused-ring (bicyclic) bond motifs is 1. The lowest BCUT2D eigenvalue weighted by Crippen LogP contribution is -2.46. The van der Waals surface area contributed by atoms with Crippen molar-refractivity contribution < 1.29 is 19.4 Å². The lowest BCUT2D eigenvalue weighted by molar-refractivity contribution is -0.143. The van der Waals surface area contributed by atoms with Crippen molar-refractivity contribution in [3.05, 3.63) is 36.0 Å². The molecular formula is C15H18N2O4. The maximum absolute atomic E-state index is 11.8. The zero-order valence-electron chi connectivity index (χ0n) is 11.9. The summed E-state index contributed by atoms with van der Waals surface area (Å²) in [7, 11) is 1.40. The summed E-state index contributed by atoms with van der Waals surface area (Å²) in [6.07, 6.45) is 1.29. The Morgan fingerprint density at radius 2 is 2.10 bits per heavy atom. The van der Waals surface area contributed by atoms with Gasteiger partial charge in [0.05, 0.1) is 0 Å². The van der Waals surface area contributed by atoms with Crippen LogP contribution in [-0.2, 0) is 20.7 Å². The monoisotopic (exact) mass is 290 g/mol. The zero-order valence-corrected chi connectivity index (χ0v) is 11.9. The third kappa shape index (κ3) is 3.41. The Labute approximate surface area is 122 Å². The van der Waals surface area contributed by atoms with Gasteiger partial charge in [0.25, 0.3) is 0 Å². The second kappa shape index (κ2) is 6.41. The Hall–Kier alpha value is -2.34. The Morgan fingerprint density at radius 1 is 1.38 bits per heavy atom. The van der Waals surface area contributed by atoms with Crippen LogP contribution in [0.1, 0.15) is 12.5 Å². The van der Waals surface area contributed by atoms with Gasteiger partial charge in [0.15, 0.2) is 0 Å². The number of carboxylic acids is 1. The van der Waals surface area contributed by atoms with Gasteiger partial charge in [0, 0.05) is 30.6 Å². The van der Waals surface area contributed by atoms with E-state index in [0.29, 0.717) is 0 Å². The van der Waals surface area contributed by atoms with E-state index >= 15 is 0 Å². The van der Waals surface area contributed by atoms with Crippen LogP contribution in [0.4, 0.5) is 0 Å². The Balaban J connectivity index is 2.17. The quantitative estimate of drug-likeness (QED) is 0.748. The van der Waals surface area contributed by atoms with Gasteiger partial charge in [-0.1, -0.05) is 18.2 Å². The van der Waals surface area contributed by atoms with Gasteiger partial charge in [-0.2, -0.15) is 0 Å². The number of nitrogens with one attached hydrogen (secondary N) is 2. The number of aromatic amines is 1. The van der Waals surface area contributed by atoms with Gasteiger partial charge in [0.2, 0.25) is 5.91 Å². The molecule has 1 heterocycles. The Kier molecular flexibility index (Phi) is 4.59. The van der Waals surface area contributed by atoms with Crippen LogP contribution in [0.25, 0.3) is 10.9 Å². The van der Waals surface area contributed by atoms with Crippen molar-refractivity contribution in [2.75, 3.05) is 7.11 Å². The number of hydrogen-bond donors (Lipinski definition) is 3. The summed E-state index contributed by atoms with van der Waals surface area (Å²) in [5.74, 6) is -1.51. The molecule has 6 nitrogen and oxygen atoms in total. The minimum Gasteiger partial charge on any atom is -0.480 e. The highest BCUT2D eigenvalue weighted by molar-refractivity contribution is 5.88. The number of rotatable bonds is 6. The summed E-state index contributed by atoms with van der Waals surface area (Å²) in [6.45, 7) is 1.57. The van der Waals surface area contributed by atoms with Crippen molar-refractivity contribution in [2.24, 2.45) is 0 Å². The average Bonchev–Trinajstić information content (AvgIpc) is 2.88. The number of benzene rings is 1. The van der Waals surface area contributed by atoms with E-state index in [2.05, 4.69) is 10.3 Å². The van der Waals surface area contributed by atoms with E-state index in [9.17, 15) is 14.7 Å². The first-order chi connectivity index (χ1) is 10.0. The predicted octanol–water partition coefficient (Wildman–Crippen LogP) is 1.31. The lowest BCUT2D eigenvalue weighted by Gasteiger charge is -2.16. The Morgan fingerprint density at radius 3 is 2.76 bits per heavy atom. The van der Waals surface area contributed by atoms with E-state index in [1.165, 1.54) is 7.11 Å². The molecule has 0 saturated carbocycles. The number of para-hydroxylation sites is 1. The molecule has 0 aliphatic rings. The first-order valence-corrected chi connectivity index (χ1v) is 6.64. The van der Waals surface area contributed by atoms with Crippen LogP contribution in [0.5, 0.6) is 0 Å². The van der Waals surface area contributed by atoms with Crippen LogP contribution >= 0.6 is 0 Å². The van der Waals surface area contributed by atoms with E-state index in [4.69, 9.17) is 4.74 Å². The molecule has 0 radical (unpaired) electrons. The van der Waals surface area contributed by atoms with Gasteiger partial charge in [-0.15, -0.1) is 0 Å². The van der Waals surface area contributed by atoms with Crippen molar-refractivity contribution in [3.8, 4) is 0 Å². The minimum atomic E-state index is -1.07. The molecule has 1 aromatic carbocycles. The van der Waals surface area contributed by atoms with E-state index in [-0.39, 0.29) is 6.42 Å². The molecule has 1 aromatic heterocycles. The van der Waals surface area contributed by atoms with E-state index in [1.807, 2.05) is 24.3 Å². The third-order valence-corrected chi connectivity index (χ3v) is 3.44. The molecule has 0 spiro atoms. The molecule has 0 saturated heterocycles. The molecular weight excluding hydrogens is 272 g/mol. The Bertz CT molecular complexity index is 650. The molecule has 0 aliphatic heterocycles. The number of aliphatic carboxylic acids is 1. The van der Waals surface area contributed by atoms with Crippen LogP contribution in [0.2, 0.25) is 0 Å². The smallest absolute Gasteiger partial charge is 0.326 e. The normalized spacial score (nSPS) is 13.8. The molecule has 6 heteroatoms. The fourth-order valence-electron chi connectivity index (χ4n) is 2.12. The molecule has 0 fully saturated rings. The fourth-order valence-corrected chi connectivity index (χ4v) is 2.12. The highest BCUT2D eigenvalue weighted by atomic mass is 16.5. The highest BCUT2D eigenvalue weighted by Gasteiger charge is 2.24. The topological polar surface area (TPSA) is 91.4 Å². The SMILES string of the molecule is COC(C)C(=O)N[C@@H](Cc1c[nH]c2ccccc12)C(=O)O. The number of methoxy groups -OCH3 is 1. The van der Waals surface area contributed by atoms with Crippen LogP contribution < -0.4 is 5.32 Å². The van der Waals surface area contributed by atoms with Gasteiger partial charge in [0.1, 0.15) is 12.1 Å². The van der Waals surface area contributed by atoms with Crippen molar-refractivity contribution in [2.45, 2.75) is 25.5 Å². The third-order valence-electron chi connectivity index (χ3n) is 3.44. The summed E-state index contributed by atoms with van der Waals surface area (Å²) < 4.78 is 4.89. The summed E-state index contributed by atoms with van der Waals surface area (Å²) in [4.78, 5) is 26.2. The van der Waals surface area contributed by atoms with Gasteiger partial charge in [-0.25, -0.2) is 4.79 Å². The standard InChI is InChI=1S/C15H18N2O4/c1-9(21-2)14(18)17-13(15(19)20)7-10-8-16-12-6-4-3-5-11(10)12/h3-6,8-9,13,16H,7H2,1-2H3,(H,17,18)(H,19,20)/t9?,13-/m0/s1. The number of H-pyrrole nitrogens is 1. The number of aromatic nitrogens is 1. The second-order valence-corrected chi connectivity index (χ2v) is 4.84. The summed E-state index contributed by atoms with van der Waals surface area (Å²) in [6, 6.07) is 6.63. The van der Waals surface area contributed by atoms with E-state index in [1.54, 1.807) is 13.1 Å². The molecule has 2 atom stereocenters. The molecule has 2 aromatic rings. The average molecular weight is 290 g/mol.